The van der Waals surface area contributed by atoms with E-state index in [1.807, 2.05) is 39.0 Å². The van der Waals surface area contributed by atoms with Gasteiger partial charge in [0.2, 0.25) is 5.91 Å². The summed E-state index contributed by atoms with van der Waals surface area (Å²) in [7, 11) is 1.69. The van der Waals surface area contributed by atoms with Crippen LogP contribution in [0.25, 0.3) is 0 Å². The molecule has 1 aromatic carbocycles. The fraction of sp³-hybridized carbons (Fsp3) is 0.600. The molecule has 0 unspecified atom stereocenters. The van der Waals surface area contributed by atoms with Crippen LogP contribution >= 0.6 is 24.0 Å². The summed E-state index contributed by atoms with van der Waals surface area (Å²) in [4.78, 5) is 16.3. The van der Waals surface area contributed by atoms with E-state index >= 15 is 0 Å². The van der Waals surface area contributed by atoms with E-state index in [9.17, 15) is 4.79 Å². The minimum Gasteiger partial charge on any atom is -0.493 e. The third-order valence-corrected chi connectivity index (χ3v) is 3.71. The predicted octanol–water partition coefficient (Wildman–Crippen LogP) is 2.61. The van der Waals surface area contributed by atoms with Crippen LogP contribution < -0.4 is 20.7 Å². The molecule has 0 radical (unpaired) electrons. The fourth-order valence-electron chi connectivity index (χ4n) is 2.31. The lowest BCUT2D eigenvalue weighted by molar-refractivity contribution is -0.120. The highest BCUT2D eigenvalue weighted by Gasteiger charge is 2.06. The van der Waals surface area contributed by atoms with Crippen molar-refractivity contribution in [2.45, 2.75) is 40.2 Å². The van der Waals surface area contributed by atoms with Crippen molar-refractivity contribution in [3.8, 4) is 5.75 Å². The van der Waals surface area contributed by atoms with Crippen LogP contribution in [-0.2, 0) is 16.1 Å². The third-order valence-electron chi connectivity index (χ3n) is 3.71. The van der Waals surface area contributed by atoms with Crippen LogP contribution in [0.4, 0.5) is 0 Å². The Kier molecular flexibility index (Phi) is 15.5. The van der Waals surface area contributed by atoms with Gasteiger partial charge in [-0.15, -0.1) is 24.0 Å². The monoisotopic (exact) mass is 506 g/mol. The molecule has 3 N–H and O–H groups in total. The average molecular weight is 506 g/mol. The second-order valence-corrected chi connectivity index (χ2v) is 6.20. The molecule has 0 heterocycles. The first-order valence-electron chi connectivity index (χ1n) is 9.60. The zero-order chi connectivity index (χ0) is 19.9. The number of hydrogen-bond donors (Lipinski definition) is 3. The van der Waals surface area contributed by atoms with E-state index in [2.05, 4.69) is 20.9 Å². The van der Waals surface area contributed by atoms with Crippen molar-refractivity contribution in [3.05, 3.63) is 29.3 Å². The number of aryl methyl sites for hydroxylation is 1. The van der Waals surface area contributed by atoms with Gasteiger partial charge in [-0.3, -0.25) is 4.79 Å². The van der Waals surface area contributed by atoms with Gasteiger partial charge < -0.3 is 25.4 Å². The number of nitrogens with one attached hydrogen (secondary N) is 3. The summed E-state index contributed by atoms with van der Waals surface area (Å²) in [5.41, 5.74) is 2.15. The smallest absolute Gasteiger partial charge is 0.239 e. The first-order chi connectivity index (χ1) is 13.1. The number of aliphatic imine (C=N–C) groups is 1. The van der Waals surface area contributed by atoms with Gasteiger partial charge in [0.1, 0.15) is 5.75 Å². The van der Waals surface area contributed by atoms with E-state index in [1.54, 1.807) is 7.11 Å². The normalized spacial score (nSPS) is 10.8. The van der Waals surface area contributed by atoms with E-state index in [1.165, 1.54) is 0 Å². The molecule has 160 valence electrons. The van der Waals surface area contributed by atoms with Gasteiger partial charge in [0.25, 0.3) is 0 Å². The van der Waals surface area contributed by atoms with Crippen molar-refractivity contribution < 1.29 is 14.3 Å². The van der Waals surface area contributed by atoms with Gasteiger partial charge in [-0.2, -0.15) is 0 Å². The van der Waals surface area contributed by atoms with E-state index in [4.69, 9.17) is 9.47 Å². The number of ether oxygens (including phenoxy) is 2. The molecule has 0 aromatic heterocycles. The Morgan fingerprint density at radius 3 is 2.61 bits per heavy atom. The zero-order valence-corrected chi connectivity index (χ0v) is 19.8. The van der Waals surface area contributed by atoms with Crippen molar-refractivity contribution in [2.24, 2.45) is 4.99 Å². The Morgan fingerprint density at radius 1 is 1.14 bits per heavy atom. The number of carbonyl (C=O) groups is 1. The first-order valence-corrected chi connectivity index (χ1v) is 9.60. The van der Waals surface area contributed by atoms with E-state index < -0.39 is 0 Å². The molecule has 1 aromatic rings. The zero-order valence-electron chi connectivity index (χ0n) is 17.5. The van der Waals surface area contributed by atoms with Gasteiger partial charge >= 0.3 is 0 Å². The van der Waals surface area contributed by atoms with Gasteiger partial charge in [0, 0.05) is 38.8 Å². The van der Waals surface area contributed by atoms with E-state index in [0.717, 1.165) is 36.3 Å². The van der Waals surface area contributed by atoms with Crippen LogP contribution in [0.1, 0.15) is 37.8 Å². The van der Waals surface area contributed by atoms with Crippen molar-refractivity contribution in [3.63, 3.8) is 0 Å². The molecule has 1 amide bonds. The number of methoxy groups -OCH3 is 1. The predicted molar refractivity (Wildman–Crippen MR) is 125 cm³/mol. The van der Waals surface area contributed by atoms with Crippen LogP contribution in [0.2, 0.25) is 0 Å². The third kappa shape index (κ3) is 11.3. The summed E-state index contributed by atoms with van der Waals surface area (Å²) in [6, 6.07) is 6.10. The number of rotatable bonds is 12. The molecule has 0 atom stereocenters. The van der Waals surface area contributed by atoms with Crippen LogP contribution in [0.5, 0.6) is 5.75 Å². The van der Waals surface area contributed by atoms with E-state index in [0.29, 0.717) is 32.3 Å². The summed E-state index contributed by atoms with van der Waals surface area (Å²) < 4.78 is 11.0. The molecule has 0 bridgehead atoms. The maximum Gasteiger partial charge on any atom is 0.239 e. The maximum atomic E-state index is 11.8. The average Bonchev–Trinajstić information content (AvgIpc) is 2.66. The SMILES string of the molecule is CCCNC(=O)CNC(=NCc1ccc(C)cc1OCCCOC)NCC.I. The quantitative estimate of drug-likeness (QED) is 0.176. The van der Waals surface area contributed by atoms with E-state index in [-0.39, 0.29) is 36.4 Å². The Balaban J connectivity index is 0.00000729. The van der Waals surface area contributed by atoms with Gasteiger partial charge in [-0.1, -0.05) is 19.1 Å². The minimum atomic E-state index is -0.0417. The van der Waals surface area contributed by atoms with Crippen molar-refractivity contribution in [1.29, 1.82) is 0 Å². The molecule has 0 aliphatic carbocycles. The van der Waals surface area contributed by atoms with Gasteiger partial charge in [-0.05, 0) is 31.9 Å². The molecule has 1 rings (SSSR count). The summed E-state index contributed by atoms with van der Waals surface area (Å²) in [5, 5.41) is 9.05. The molecular weight excluding hydrogens is 471 g/mol. The molecule has 0 aliphatic heterocycles. The lowest BCUT2D eigenvalue weighted by Crippen LogP contribution is -2.43. The Morgan fingerprint density at radius 2 is 1.93 bits per heavy atom. The molecular formula is C20H35IN4O3. The molecule has 0 spiro atoms. The number of halogens is 1. The van der Waals surface area contributed by atoms with Crippen LogP contribution in [-0.4, -0.2) is 51.8 Å². The summed E-state index contributed by atoms with van der Waals surface area (Å²) in [6.45, 7) is 9.39. The fourth-order valence-corrected chi connectivity index (χ4v) is 2.31. The Bertz CT molecular complexity index is 597. The van der Waals surface area contributed by atoms with Crippen molar-refractivity contribution in [2.75, 3.05) is 40.0 Å². The number of nitrogens with zero attached hydrogens (tertiary/aromatic N) is 1. The second-order valence-electron chi connectivity index (χ2n) is 6.20. The topological polar surface area (TPSA) is 84.0 Å². The molecule has 28 heavy (non-hydrogen) atoms. The first kappa shape index (κ1) is 26.4. The van der Waals surface area contributed by atoms with Crippen molar-refractivity contribution in [1.82, 2.24) is 16.0 Å². The number of guanidine groups is 1. The highest BCUT2D eigenvalue weighted by molar-refractivity contribution is 14.0. The molecule has 0 fully saturated rings. The number of hydrogen-bond acceptors (Lipinski definition) is 4. The van der Waals surface area contributed by atoms with Crippen molar-refractivity contribution >= 4 is 35.8 Å². The molecule has 0 aliphatic rings. The molecule has 8 heteroatoms. The van der Waals surface area contributed by atoms with Gasteiger partial charge in [0.15, 0.2) is 5.96 Å². The van der Waals surface area contributed by atoms with Crippen LogP contribution in [0, 0.1) is 6.92 Å². The Labute approximate surface area is 186 Å². The van der Waals surface area contributed by atoms with Crippen LogP contribution in [0.3, 0.4) is 0 Å². The number of amides is 1. The highest BCUT2D eigenvalue weighted by atomic mass is 127. The Hall–Kier alpha value is -1.55. The minimum absolute atomic E-state index is 0. The second kappa shape index (κ2) is 16.4. The standard InChI is InChI=1S/C20H34N4O3.HI/c1-5-10-22-19(25)15-24-20(21-6-2)23-14-17-9-8-16(3)13-18(17)27-12-7-11-26-4;/h8-9,13H,5-7,10-12,14-15H2,1-4H3,(H,22,25)(H2,21,23,24);1H. The molecule has 0 saturated heterocycles. The maximum absolute atomic E-state index is 11.8. The molecule has 0 saturated carbocycles. The summed E-state index contributed by atoms with van der Waals surface area (Å²) in [6.07, 6.45) is 1.75. The lowest BCUT2D eigenvalue weighted by Gasteiger charge is -2.13. The number of carbonyl (C=O) groups excluding carboxylic acids is 1. The summed E-state index contributed by atoms with van der Waals surface area (Å²) in [5.74, 6) is 1.40. The lowest BCUT2D eigenvalue weighted by atomic mass is 10.1. The van der Waals surface area contributed by atoms with Crippen LogP contribution in [0.15, 0.2) is 23.2 Å². The number of benzene rings is 1. The summed E-state index contributed by atoms with van der Waals surface area (Å²) >= 11 is 0. The largest absolute Gasteiger partial charge is 0.493 e. The van der Waals surface area contributed by atoms with Gasteiger partial charge in [0.05, 0.1) is 19.7 Å². The molecule has 7 nitrogen and oxygen atoms in total. The van der Waals surface area contributed by atoms with Gasteiger partial charge in [-0.25, -0.2) is 4.99 Å². The highest BCUT2D eigenvalue weighted by Crippen LogP contribution is 2.21.